The number of carbonyl (C=O) groups excluding carboxylic acids is 1. The molecule has 0 fully saturated rings. The van der Waals surface area contributed by atoms with Crippen molar-refractivity contribution in [3.63, 3.8) is 0 Å². The highest BCUT2D eigenvalue weighted by Crippen LogP contribution is 2.23. The van der Waals surface area contributed by atoms with E-state index in [0.29, 0.717) is 10.8 Å². The van der Waals surface area contributed by atoms with Gasteiger partial charge in [-0.1, -0.05) is 17.7 Å². The first-order chi connectivity index (χ1) is 10.0. The van der Waals surface area contributed by atoms with Crippen LogP contribution >= 0.6 is 11.6 Å². The number of hydrogen-bond donors (Lipinski definition) is 2. The second-order valence-corrected chi connectivity index (χ2v) is 4.45. The molecule has 0 radical (unpaired) electrons. The van der Waals surface area contributed by atoms with Gasteiger partial charge in [-0.2, -0.15) is 0 Å². The minimum atomic E-state index is -1.17. The first-order valence-electron chi connectivity index (χ1n) is 5.86. The van der Waals surface area contributed by atoms with Gasteiger partial charge in [0.1, 0.15) is 11.6 Å². The molecule has 0 saturated heterocycles. The molecule has 21 heavy (non-hydrogen) atoms. The smallest absolute Gasteiger partial charge is 0.354 e. The summed E-state index contributed by atoms with van der Waals surface area (Å²) in [7, 11) is 1.43. The first kappa shape index (κ1) is 14.8. The van der Waals surface area contributed by atoms with Crippen LogP contribution in [0.15, 0.2) is 36.4 Å². The van der Waals surface area contributed by atoms with Gasteiger partial charge in [-0.25, -0.2) is 9.78 Å². The van der Waals surface area contributed by atoms with Gasteiger partial charge >= 0.3 is 5.97 Å². The lowest BCUT2D eigenvalue weighted by Crippen LogP contribution is -2.15. The largest absolute Gasteiger partial charge is 0.496 e. The van der Waals surface area contributed by atoms with Gasteiger partial charge in [0.15, 0.2) is 5.69 Å². The Labute approximate surface area is 125 Å². The van der Waals surface area contributed by atoms with E-state index in [1.165, 1.54) is 31.4 Å². The number of pyridine rings is 1. The SMILES string of the molecule is COc1ccc(Cl)cc1C(=O)Nc1cccc(C(=O)O)n1. The highest BCUT2D eigenvalue weighted by atomic mass is 35.5. The number of halogens is 1. The molecule has 2 aromatic rings. The number of methoxy groups -OCH3 is 1. The van der Waals surface area contributed by atoms with E-state index in [0.717, 1.165) is 0 Å². The lowest BCUT2D eigenvalue weighted by atomic mass is 10.2. The van der Waals surface area contributed by atoms with E-state index in [-0.39, 0.29) is 17.1 Å². The van der Waals surface area contributed by atoms with Crippen LogP contribution in [0.4, 0.5) is 5.82 Å². The normalized spacial score (nSPS) is 10.0. The predicted octanol–water partition coefficient (Wildman–Crippen LogP) is 2.69. The fourth-order valence-electron chi connectivity index (χ4n) is 1.66. The molecule has 7 heteroatoms. The van der Waals surface area contributed by atoms with E-state index < -0.39 is 11.9 Å². The van der Waals surface area contributed by atoms with Crippen LogP contribution in [-0.2, 0) is 0 Å². The molecule has 108 valence electrons. The van der Waals surface area contributed by atoms with Crippen LogP contribution in [0.1, 0.15) is 20.8 Å². The first-order valence-corrected chi connectivity index (χ1v) is 6.24. The van der Waals surface area contributed by atoms with Crippen molar-refractivity contribution in [2.45, 2.75) is 0 Å². The third-order valence-corrected chi connectivity index (χ3v) is 2.85. The lowest BCUT2D eigenvalue weighted by Gasteiger charge is -2.09. The molecule has 0 saturated carbocycles. The molecular weight excluding hydrogens is 296 g/mol. The third kappa shape index (κ3) is 3.49. The molecule has 1 amide bonds. The average Bonchev–Trinajstić information content (AvgIpc) is 2.47. The van der Waals surface area contributed by atoms with Crippen molar-refractivity contribution in [1.29, 1.82) is 0 Å². The zero-order valence-corrected chi connectivity index (χ0v) is 11.7. The second-order valence-electron chi connectivity index (χ2n) is 4.01. The van der Waals surface area contributed by atoms with Crippen LogP contribution in [0.3, 0.4) is 0 Å². The number of anilines is 1. The van der Waals surface area contributed by atoms with Crippen molar-refractivity contribution in [2.24, 2.45) is 0 Å². The average molecular weight is 307 g/mol. The van der Waals surface area contributed by atoms with E-state index in [1.54, 1.807) is 12.1 Å². The Balaban J connectivity index is 2.28. The van der Waals surface area contributed by atoms with Crippen LogP contribution < -0.4 is 10.1 Å². The van der Waals surface area contributed by atoms with Crippen molar-refractivity contribution < 1.29 is 19.4 Å². The van der Waals surface area contributed by atoms with Crippen LogP contribution in [0, 0.1) is 0 Å². The van der Waals surface area contributed by atoms with Gasteiger partial charge in [0.2, 0.25) is 0 Å². The number of ether oxygens (including phenoxy) is 1. The van der Waals surface area contributed by atoms with E-state index in [1.807, 2.05) is 0 Å². The summed E-state index contributed by atoms with van der Waals surface area (Å²) in [5, 5.41) is 11.8. The maximum absolute atomic E-state index is 12.2. The van der Waals surface area contributed by atoms with E-state index in [4.69, 9.17) is 21.4 Å². The number of aromatic carboxylic acids is 1. The Hall–Kier alpha value is -2.60. The van der Waals surface area contributed by atoms with Crippen molar-refractivity contribution in [1.82, 2.24) is 4.98 Å². The van der Waals surface area contributed by atoms with E-state index in [2.05, 4.69) is 10.3 Å². The van der Waals surface area contributed by atoms with E-state index >= 15 is 0 Å². The van der Waals surface area contributed by atoms with Gasteiger partial charge < -0.3 is 15.2 Å². The number of rotatable bonds is 4. The number of benzene rings is 1. The van der Waals surface area contributed by atoms with Crippen LogP contribution in [-0.4, -0.2) is 29.1 Å². The van der Waals surface area contributed by atoms with Crippen LogP contribution in [0.2, 0.25) is 5.02 Å². The summed E-state index contributed by atoms with van der Waals surface area (Å²) in [4.78, 5) is 26.8. The highest BCUT2D eigenvalue weighted by Gasteiger charge is 2.14. The molecule has 0 spiro atoms. The molecule has 0 aliphatic rings. The van der Waals surface area contributed by atoms with Crippen LogP contribution in [0.25, 0.3) is 0 Å². The summed E-state index contributed by atoms with van der Waals surface area (Å²) in [6.07, 6.45) is 0. The number of amides is 1. The fraction of sp³-hybridized carbons (Fsp3) is 0.0714. The fourth-order valence-corrected chi connectivity index (χ4v) is 1.84. The number of carbonyl (C=O) groups is 2. The molecule has 6 nitrogen and oxygen atoms in total. The van der Waals surface area contributed by atoms with Gasteiger partial charge in [-0.15, -0.1) is 0 Å². The molecule has 1 aromatic carbocycles. The molecule has 0 bridgehead atoms. The van der Waals surface area contributed by atoms with E-state index in [9.17, 15) is 9.59 Å². The maximum Gasteiger partial charge on any atom is 0.354 e. The summed E-state index contributed by atoms with van der Waals surface area (Å²) in [6.45, 7) is 0. The number of carboxylic acids is 1. The Bertz CT molecular complexity index is 703. The molecule has 2 rings (SSSR count). The molecule has 0 unspecified atom stereocenters. The van der Waals surface area contributed by atoms with Gasteiger partial charge in [0.25, 0.3) is 5.91 Å². The Kier molecular flexibility index (Phi) is 4.39. The predicted molar refractivity (Wildman–Crippen MR) is 77.2 cm³/mol. The quantitative estimate of drug-likeness (QED) is 0.906. The number of carboxylic acid groups (broad SMARTS) is 1. The van der Waals surface area contributed by atoms with Gasteiger partial charge in [0.05, 0.1) is 12.7 Å². The topological polar surface area (TPSA) is 88.5 Å². The number of nitrogens with one attached hydrogen (secondary N) is 1. The standard InChI is InChI=1S/C14H11ClN2O4/c1-21-11-6-5-8(15)7-9(11)13(18)17-12-4-2-3-10(16-12)14(19)20/h2-7H,1H3,(H,19,20)(H,16,17,18). The monoisotopic (exact) mass is 306 g/mol. The van der Waals surface area contributed by atoms with Crippen molar-refractivity contribution in [3.8, 4) is 5.75 Å². The van der Waals surface area contributed by atoms with Crippen molar-refractivity contribution >= 4 is 29.3 Å². The summed E-state index contributed by atoms with van der Waals surface area (Å²) >= 11 is 5.86. The molecule has 0 aliphatic carbocycles. The van der Waals surface area contributed by atoms with Gasteiger partial charge in [-0.3, -0.25) is 4.79 Å². The zero-order chi connectivity index (χ0) is 15.4. The summed E-state index contributed by atoms with van der Waals surface area (Å²) in [6, 6.07) is 8.93. The Morgan fingerprint density at radius 3 is 2.71 bits per heavy atom. The summed E-state index contributed by atoms with van der Waals surface area (Å²) < 4.78 is 5.09. The van der Waals surface area contributed by atoms with Gasteiger partial charge in [-0.05, 0) is 30.3 Å². The number of aromatic nitrogens is 1. The molecule has 1 heterocycles. The number of nitrogens with zero attached hydrogens (tertiary/aromatic N) is 1. The minimum absolute atomic E-state index is 0.127. The summed E-state index contributed by atoms with van der Waals surface area (Å²) in [5.41, 5.74) is 0.0680. The highest BCUT2D eigenvalue weighted by molar-refractivity contribution is 6.31. The third-order valence-electron chi connectivity index (χ3n) is 2.62. The molecule has 1 aromatic heterocycles. The maximum atomic E-state index is 12.2. The summed E-state index contributed by atoms with van der Waals surface area (Å²) in [5.74, 6) is -1.19. The van der Waals surface area contributed by atoms with Crippen molar-refractivity contribution in [3.05, 3.63) is 52.7 Å². The zero-order valence-electron chi connectivity index (χ0n) is 11.0. The van der Waals surface area contributed by atoms with Crippen LogP contribution in [0.5, 0.6) is 5.75 Å². The lowest BCUT2D eigenvalue weighted by molar-refractivity contribution is 0.0690. The van der Waals surface area contributed by atoms with Crippen molar-refractivity contribution in [2.75, 3.05) is 12.4 Å². The number of hydrogen-bond acceptors (Lipinski definition) is 4. The molecule has 0 aliphatic heterocycles. The second kappa shape index (κ2) is 6.23. The molecule has 2 N–H and O–H groups in total. The van der Waals surface area contributed by atoms with Gasteiger partial charge in [0, 0.05) is 5.02 Å². The Morgan fingerprint density at radius 2 is 2.05 bits per heavy atom. The molecule has 0 atom stereocenters. The Morgan fingerprint density at radius 1 is 1.29 bits per heavy atom. The molecular formula is C14H11ClN2O4. The minimum Gasteiger partial charge on any atom is -0.496 e.